The number of phenols is 1. The van der Waals surface area contributed by atoms with Gasteiger partial charge in [0.1, 0.15) is 6.54 Å². The molecule has 1 aliphatic rings. The zero-order chi connectivity index (χ0) is 13.1. The number of methoxy groups -OCH3 is 1. The molecule has 6 heteroatoms. The maximum atomic E-state index is 11.2. The van der Waals surface area contributed by atoms with Crippen molar-refractivity contribution < 1.29 is 24.2 Å². The third kappa shape index (κ3) is 2.53. The molecule has 18 heavy (non-hydrogen) atoms. The Bertz CT molecular complexity index is 485. The molecule has 1 aromatic carbocycles. The van der Waals surface area contributed by atoms with Gasteiger partial charge in [0.25, 0.3) is 0 Å². The van der Waals surface area contributed by atoms with Gasteiger partial charge in [0, 0.05) is 6.54 Å². The Labute approximate surface area is 104 Å². The summed E-state index contributed by atoms with van der Waals surface area (Å²) in [6.07, 6.45) is -0.0855. The van der Waals surface area contributed by atoms with Crippen molar-refractivity contribution in [2.24, 2.45) is 0 Å². The predicted molar refractivity (Wildman–Crippen MR) is 61.4 cm³/mol. The van der Waals surface area contributed by atoms with Gasteiger partial charge in [0.2, 0.25) is 0 Å². The number of ether oxygens (including phenoxy) is 2. The van der Waals surface area contributed by atoms with Crippen LogP contribution in [0.25, 0.3) is 0 Å². The number of benzene rings is 1. The van der Waals surface area contributed by atoms with Crippen LogP contribution in [0.2, 0.25) is 0 Å². The van der Waals surface area contributed by atoms with Crippen molar-refractivity contribution >= 4 is 12.1 Å². The van der Waals surface area contributed by atoms with Crippen molar-refractivity contribution in [2.75, 3.05) is 20.2 Å². The summed E-state index contributed by atoms with van der Waals surface area (Å²) in [5, 5.41) is 9.59. The maximum Gasteiger partial charge on any atom is 0.418 e. The predicted octanol–water partition coefficient (Wildman–Crippen LogP) is 0.922. The lowest BCUT2D eigenvalue weighted by molar-refractivity contribution is -0.132. The van der Waals surface area contributed by atoms with Gasteiger partial charge in [-0.3, -0.25) is 4.90 Å². The Balaban J connectivity index is 1.96. The van der Waals surface area contributed by atoms with E-state index in [4.69, 9.17) is 4.74 Å². The standard InChI is InChI=1S/C12H13NO5/c1-17-10-3-2-8(6-9(10)14)4-5-13-7-11(15)18-12(13)16/h2-3,6,14H,4-5,7H2,1H3. The second-order valence-electron chi connectivity index (χ2n) is 3.92. The van der Waals surface area contributed by atoms with E-state index >= 15 is 0 Å². The number of carbonyl (C=O) groups excluding carboxylic acids is 2. The van der Waals surface area contributed by atoms with E-state index in [-0.39, 0.29) is 12.3 Å². The average molecular weight is 251 g/mol. The Hall–Kier alpha value is -2.24. The van der Waals surface area contributed by atoms with Gasteiger partial charge in [-0.15, -0.1) is 0 Å². The largest absolute Gasteiger partial charge is 0.504 e. The fourth-order valence-electron chi connectivity index (χ4n) is 1.74. The summed E-state index contributed by atoms with van der Waals surface area (Å²) >= 11 is 0. The number of nitrogens with zero attached hydrogens (tertiary/aromatic N) is 1. The quantitative estimate of drug-likeness (QED) is 0.636. The first-order valence-corrected chi connectivity index (χ1v) is 5.45. The fraction of sp³-hybridized carbons (Fsp3) is 0.333. The van der Waals surface area contributed by atoms with Crippen LogP contribution in [-0.4, -0.2) is 42.3 Å². The number of amides is 1. The van der Waals surface area contributed by atoms with Gasteiger partial charge in [0.15, 0.2) is 11.5 Å². The summed E-state index contributed by atoms with van der Waals surface area (Å²) in [6.45, 7) is 0.358. The summed E-state index contributed by atoms with van der Waals surface area (Å²) in [5.41, 5.74) is 0.848. The Kier molecular flexibility index (Phi) is 3.36. The van der Waals surface area contributed by atoms with Crippen molar-refractivity contribution in [3.8, 4) is 11.5 Å². The van der Waals surface area contributed by atoms with Crippen molar-refractivity contribution in [1.29, 1.82) is 0 Å². The van der Waals surface area contributed by atoms with E-state index in [0.717, 1.165) is 5.56 Å². The Morgan fingerprint density at radius 2 is 2.22 bits per heavy atom. The van der Waals surface area contributed by atoms with Crippen LogP contribution < -0.4 is 4.74 Å². The van der Waals surface area contributed by atoms with E-state index in [2.05, 4.69) is 4.74 Å². The molecule has 1 fully saturated rings. The molecule has 0 aliphatic carbocycles. The lowest BCUT2D eigenvalue weighted by Crippen LogP contribution is -2.26. The van der Waals surface area contributed by atoms with Gasteiger partial charge in [-0.25, -0.2) is 9.59 Å². The van der Waals surface area contributed by atoms with Gasteiger partial charge in [-0.1, -0.05) is 6.07 Å². The molecule has 0 saturated carbocycles. The highest BCUT2D eigenvalue weighted by atomic mass is 16.6. The topological polar surface area (TPSA) is 76.1 Å². The number of esters is 1. The smallest absolute Gasteiger partial charge is 0.418 e. The molecule has 0 unspecified atom stereocenters. The van der Waals surface area contributed by atoms with Crippen LogP contribution in [0.15, 0.2) is 18.2 Å². The SMILES string of the molecule is COc1ccc(CCN2CC(=O)OC2=O)cc1O. The molecule has 96 valence electrons. The van der Waals surface area contributed by atoms with E-state index in [1.54, 1.807) is 18.2 Å². The third-order valence-corrected chi connectivity index (χ3v) is 2.69. The van der Waals surface area contributed by atoms with E-state index in [9.17, 15) is 14.7 Å². The highest BCUT2D eigenvalue weighted by molar-refractivity contribution is 5.92. The van der Waals surface area contributed by atoms with Crippen LogP contribution in [0, 0.1) is 0 Å². The minimum absolute atomic E-state index is 0.0129. The van der Waals surface area contributed by atoms with Crippen LogP contribution in [0.1, 0.15) is 5.56 Å². The summed E-state index contributed by atoms with van der Waals surface area (Å²) in [6, 6.07) is 5.02. The van der Waals surface area contributed by atoms with Gasteiger partial charge in [0.05, 0.1) is 7.11 Å². The third-order valence-electron chi connectivity index (χ3n) is 2.69. The van der Waals surface area contributed by atoms with Crippen LogP contribution in [0.4, 0.5) is 4.79 Å². The van der Waals surface area contributed by atoms with Gasteiger partial charge < -0.3 is 14.6 Å². The fourth-order valence-corrected chi connectivity index (χ4v) is 1.74. The van der Waals surface area contributed by atoms with Gasteiger partial charge in [-0.2, -0.15) is 0 Å². The van der Waals surface area contributed by atoms with Crippen LogP contribution in [0.5, 0.6) is 11.5 Å². The minimum atomic E-state index is -0.613. The molecule has 0 radical (unpaired) electrons. The molecule has 0 atom stereocenters. The first kappa shape index (κ1) is 12.2. The molecule has 0 aromatic heterocycles. The zero-order valence-corrected chi connectivity index (χ0v) is 9.88. The molecule has 0 spiro atoms. The highest BCUT2D eigenvalue weighted by Crippen LogP contribution is 2.26. The second kappa shape index (κ2) is 4.95. The van der Waals surface area contributed by atoms with Crippen molar-refractivity contribution in [2.45, 2.75) is 6.42 Å². The lowest BCUT2D eigenvalue weighted by atomic mass is 10.1. The van der Waals surface area contributed by atoms with Crippen LogP contribution in [-0.2, 0) is 16.0 Å². The first-order valence-electron chi connectivity index (χ1n) is 5.45. The molecule has 0 bridgehead atoms. The highest BCUT2D eigenvalue weighted by Gasteiger charge is 2.28. The summed E-state index contributed by atoms with van der Waals surface area (Å²) < 4.78 is 9.33. The van der Waals surface area contributed by atoms with Crippen LogP contribution in [0.3, 0.4) is 0 Å². The van der Waals surface area contributed by atoms with E-state index in [1.165, 1.54) is 12.0 Å². The number of cyclic esters (lactones) is 2. The van der Waals surface area contributed by atoms with Gasteiger partial charge >= 0.3 is 12.1 Å². The number of hydrogen-bond donors (Lipinski definition) is 1. The molecular weight excluding hydrogens is 238 g/mol. The number of rotatable bonds is 4. The van der Waals surface area contributed by atoms with E-state index < -0.39 is 12.1 Å². The molecule has 1 amide bonds. The summed E-state index contributed by atoms with van der Waals surface area (Å²) in [4.78, 5) is 23.4. The molecule has 1 aliphatic heterocycles. The normalized spacial score (nSPS) is 14.8. The number of aromatic hydroxyl groups is 1. The Morgan fingerprint density at radius 1 is 1.44 bits per heavy atom. The van der Waals surface area contributed by atoms with Crippen molar-refractivity contribution in [1.82, 2.24) is 4.90 Å². The molecular formula is C12H13NO5. The zero-order valence-electron chi connectivity index (χ0n) is 9.88. The molecule has 1 aromatic rings. The van der Waals surface area contributed by atoms with E-state index in [1.807, 2.05) is 0 Å². The minimum Gasteiger partial charge on any atom is -0.504 e. The first-order chi connectivity index (χ1) is 8.60. The number of phenolic OH excluding ortho intramolecular Hbond substituents is 1. The van der Waals surface area contributed by atoms with Crippen molar-refractivity contribution in [3.05, 3.63) is 23.8 Å². The summed E-state index contributed by atoms with van der Waals surface area (Å²) in [7, 11) is 1.47. The second-order valence-corrected chi connectivity index (χ2v) is 3.92. The van der Waals surface area contributed by atoms with E-state index in [0.29, 0.717) is 18.7 Å². The van der Waals surface area contributed by atoms with Crippen molar-refractivity contribution in [3.63, 3.8) is 0 Å². The maximum absolute atomic E-state index is 11.2. The number of carbonyl (C=O) groups is 2. The number of hydrogen-bond acceptors (Lipinski definition) is 5. The van der Waals surface area contributed by atoms with Crippen LogP contribution >= 0.6 is 0 Å². The van der Waals surface area contributed by atoms with Gasteiger partial charge in [-0.05, 0) is 24.1 Å². The molecule has 1 heterocycles. The molecule has 1 saturated heterocycles. The lowest BCUT2D eigenvalue weighted by Gasteiger charge is -2.11. The monoisotopic (exact) mass is 251 g/mol. The average Bonchev–Trinajstić information content (AvgIpc) is 2.65. The molecule has 6 nitrogen and oxygen atoms in total. The Morgan fingerprint density at radius 3 is 2.78 bits per heavy atom. The summed E-state index contributed by atoms with van der Waals surface area (Å²) in [5.74, 6) is -0.0813. The molecule has 2 rings (SSSR count). The molecule has 1 N–H and O–H groups in total.